The lowest BCUT2D eigenvalue weighted by Crippen LogP contribution is -2.45. The summed E-state index contributed by atoms with van der Waals surface area (Å²) in [6.45, 7) is 5.85. The molecule has 2 aromatic heterocycles. The summed E-state index contributed by atoms with van der Waals surface area (Å²) in [5, 5.41) is 3.32. The van der Waals surface area contributed by atoms with Gasteiger partial charge >= 0.3 is 0 Å². The van der Waals surface area contributed by atoms with Crippen molar-refractivity contribution in [3.8, 4) is 0 Å². The topological polar surface area (TPSA) is 74.2 Å². The number of carbonyl (C=O) groups is 1. The van der Waals surface area contributed by atoms with Gasteiger partial charge in [0.1, 0.15) is 5.82 Å². The maximum absolute atomic E-state index is 13.2. The van der Waals surface area contributed by atoms with Crippen molar-refractivity contribution in [2.75, 3.05) is 31.5 Å². The van der Waals surface area contributed by atoms with Crippen molar-refractivity contribution in [2.45, 2.75) is 38.6 Å². The van der Waals surface area contributed by atoms with Crippen LogP contribution in [0.15, 0.2) is 55.0 Å². The Balaban J connectivity index is 1.24. The van der Waals surface area contributed by atoms with Crippen LogP contribution >= 0.6 is 0 Å². The number of hydrogen-bond acceptors (Lipinski definition) is 6. The van der Waals surface area contributed by atoms with Crippen LogP contribution in [0.1, 0.15) is 41.3 Å². The van der Waals surface area contributed by atoms with Crippen LogP contribution in [-0.2, 0) is 17.8 Å². The van der Waals surface area contributed by atoms with E-state index in [1.165, 1.54) is 11.1 Å². The lowest BCUT2D eigenvalue weighted by molar-refractivity contribution is -0.133. The molecule has 3 aromatic rings. The van der Waals surface area contributed by atoms with Crippen LogP contribution in [0.3, 0.4) is 0 Å². The zero-order valence-electron chi connectivity index (χ0n) is 19.1. The maximum Gasteiger partial charge on any atom is 0.236 e. The highest BCUT2D eigenvalue weighted by Crippen LogP contribution is 2.29. The highest BCUT2D eigenvalue weighted by atomic mass is 16.2. The SMILES string of the molecule is Cc1cc(Nc2cnccn2)cc([C@H]2CCCN(C(=O)CN3CCc4ccccc4C3)C2)n1. The summed E-state index contributed by atoms with van der Waals surface area (Å²) >= 11 is 0. The summed E-state index contributed by atoms with van der Waals surface area (Å²) in [6, 6.07) is 12.7. The second-order valence-corrected chi connectivity index (χ2v) is 9.05. The van der Waals surface area contributed by atoms with Crippen LogP contribution in [-0.4, -0.2) is 56.8 Å². The largest absolute Gasteiger partial charge is 0.341 e. The van der Waals surface area contributed by atoms with Gasteiger partial charge in [-0.15, -0.1) is 0 Å². The first-order chi connectivity index (χ1) is 16.1. The second kappa shape index (κ2) is 9.67. The molecule has 1 amide bonds. The molecule has 0 saturated carbocycles. The van der Waals surface area contributed by atoms with Crippen LogP contribution in [0.4, 0.5) is 11.5 Å². The zero-order chi connectivity index (χ0) is 22.6. The summed E-state index contributed by atoms with van der Waals surface area (Å²) in [5.74, 6) is 1.18. The van der Waals surface area contributed by atoms with Gasteiger partial charge in [0.2, 0.25) is 5.91 Å². The van der Waals surface area contributed by atoms with Crippen molar-refractivity contribution < 1.29 is 4.79 Å². The normalized spacial score (nSPS) is 18.6. The molecule has 0 radical (unpaired) electrons. The van der Waals surface area contributed by atoms with Crippen molar-refractivity contribution >= 4 is 17.4 Å². The molecule has 1 fully saturated rings. The first-order valence-corrected chi connectivity index (χ1v) is 11.7. The molecule has 2 aliphatic heterocycles. The average molecular weight is 443 g/mol. The number of carbonyl (C=O) groups excluding carboxylic acids is 1. The summed E-state index contributed by atoms with van der Waals surface area (Å²) in [7, 11) is 0. The number of nitrogens with one attached hydrogen (secondary N) is 1. The molecule has 2 aliphatic rings. The van der Waals surface area contributed by atoms with E-state index in [2.05, 4.69) is 50.5 Å². The molecule has 7 heteroatoms. The monoisotopic (exact) mass is 442 g/mol. The maximum atomic E-state index is 13.2. The van der Waals surface area contributed by atoms with E-state index in [-0.39, 0.29) is 11.8 Å². The standard InChI is InChI=1S/C26H30N6O/c1-19-13-23(30-25-15-27-9-10-28-25)14-24(29-19)22-7-4-11-32(17-22)26(33)18-31-12-8-20-5-2-3-6-21(20)16-31/h2-3,5-6,9-10,13-15,22H,4,7-8,11-12,16-18H2,1H3,(H,28,29,30)/t22-/m0/s1. The molecular weight excluding hydrogens is 412 g/mol. The number of fused-ring (bicyclic) bond motifs is 1. The fourth-order valence-electron chi connectivity index (χ4n) is 4.91. The number of piperidine rings is 1. The fourth-order valence-corrected chi connectivity index (χ4v) is 4.91. The predicted octanol–water partition coefficient (Wildman–Crippen LogP) is 3.69. The molecular formula is C26H30N6O. The Morgan fingerprint density at radius 3 is 2.88 bits per heavy atom. The Labute approximate surface area is 194 Å². The molecule has 4 heterocycles. The van der Waals surface area contributed by atoms with E-state index in [1.54, 1.807) is 18.6 Å². The summed E-state index contributed by atoms with van der Waals surface area (Å²) in [4.78, 5) is 30.7. The third kappa shape index (κ3) is 5.20. The molecule has 0 bridgehead atoms. The molecule has 0 unspecified atom stereocenters. The van der Waals surface area contributed by atoms with E-state index in [1.807, 2.05) is 17.9 Å². The van der Waals surface area contributed by atoms with Crippen LogP contribution < -0.4 is 5.32 Å². The van der Waals surface area contributed by atoms with Crippen LogP contribution in [0, 0.1) is 6.92 Å². The molecule has 5 rings (SSSR count). The molecule has 7 nitrogen and oxygen atoms in total. The minimum atomic E-state index is 0.227. The summed E-state index contributed by atoms with van der Waals surface area (Å²) in [5.41, 5.74) is 5.70. The lowest BCUT2D eigenvalue weighted by Gasteiger charge is -2.35. The highest BCUT2D eigenvalue weighted by molar-refractivity contribution is 5.78. The minimum absolute atomic E-state index is 0.227. The van der Waals surface area contributed by atoms with Crippen molar-refractivity contribution in [3.05, 3.63) is 77.5 Å². The molecule has 1 N–H and O–H groups in total. The fraction of sp³-hybridized carbons (Fsp3) is 0.385. The summed E-state index contributed by atoms with van der Waals surface area (Å²) < 4.78 is 0. The Hall–Kier alpha value is -3.32. The van der Waals surface area contributed by atoms with Gasteiger partial charge in [-0.05, 0) is 49.4 Å². The Bertz CT molecular complexity index is 1120. The van der Waals surface area contributed by atoms with Crippen molar-refractivity contribution in [1.29, 1.82) is 0 Å². The molecule has 1 aromatic carbocycles. The minimum Gasteiger partial charge on any atom is -0.341 e. The third-order valence-corrected chi connectivity index (χ3v) is 6.57. The van der Waals surface area contributed by atoms with Gasteiger partial charge in [-0.25, -0.2) is 4.98 Å². The van der Waals surface area contributed by atoms with Crippen molar-refractivity contribution in [2.24, 2.45) is 0 Å². The van der Waals surface area contributed by atoms with Gasteiger partial charge in [0.25, 0.3) is 0 Å². The quantitative estimate of drug-likeness (QED) is 0.650. The van der Waals surface area contributed by atoms with E-state index in [0.717, 1.165) is 62.5 Å². The van der Waals surface area contributed by atoms with Gasteiger partial charge in [0.15, 0.2) is 0 Å². The van der Waals surface area contributed by atoms with E-state index in [4.69, 9.17) is 4.98 Å². The number of aromatic nitrogens is 3. The number of rotatable bonds is 5. The second-order valence-electron chi connectivity index (χ2n) is 9.05. The molecule has 0 spiro atoms. The number of anilines is 2. The Morgan fingerprint density at radius 1 is 1.15 bits per heavy atom. The van der Waals surface area contributed by atoms with E-state index in [9.17, 15) is 4.79 Å². The number of amides is 1. The highest BCUT2D eigenvalue weighted by Gasteiger charge is 2.28. The van der Waals surface area contributed by atoms with Gasteiger partial charge in [0.05, 0.1) is 12.7 Å². The average Bonchev–Trinajstić information content (AvgIpc) is 2.84. The predicted molar refractivity (Wildman–Crippen MR) is 128 cm³/mol. The van der Waals surface area contributed by atoms with Crippen LogP contribution in [0.25, 0.3) is 0 Å². The van der Waals surface area contributed by atoms with Crippen LogP contribution in [0.5, 0.6) is 0 Å². The third-order valence-electron chi connectivity index (χ3n) is 6.57. The molecule has 33 heavy (non-hydrogen) atoms. The number of aryl methyl sites for hydroxylation is 1. The van der Waals surface area contributed by atoms with E-state index >= 15 is 0 Å². The van der Waals surface area contributed by atoms with Gasteiger partial charge in [0, 0.05) is 61.6 Å². The molecule has 170 valence electrons. The number of hydrogen-bond donors (Lipinski definition) is 1. The lowest BCUT2D eigenvalue weighted by atomic mass is 9.93. The molecule has 1 atom stereocenters. The van der Waals surface area contributed by atoms with Gasteiger partial charge in [-0.3, -0.25) is 19.7 Å². The Kier molecular flexibility index (Phi) is 6.30. The van der Waals surface area contributed by atoms with Crippen LogP contribution in [0.2, 0.25) is 0 Å². The smallest absolute Gasteiger partial charge is 0.236 e. The number of pyridine rings is 1. The number of nitrogens with zero attached hydrogens (tertiary/aromatic N) is 5. The first kappa shape index (κ1) is 21.5. The number of likely N-dealkylation sites (tertiary alicyclic amines) is 1. The van der Waals surface area contributed by atoms with Crippen molar-refractivity contribution in [1.82, 2.24) is 24.8 Å². The van der Waals surface area contributed by atoms with Gasteiger partial charge < -0.3 is 10.2 Å². The molecule has 1 saturated heterocycles. The summed E-state index contributed by atoms with van der Waals surface area (Å²) in [6.07, 6.45) is 8.09. The van der Waals surface area contributed by atoms with E-state index in [0.29, 0.717) is 12.4 Å². The molecule has 0 aliphatic carbocycles. The van der Waals surface area contributed by atoms with Crippen molar-refractivity contribution in [3.63, 3.8) is 0 Å². The first-order valence-electron chi connectivity index (χ1n) is 11.7. The van der Waals surface area contributed by atoms with E-state index < -0.39 is 0 Å². The zero-order valence-corrected chi connectivity index (χ0v) is 19.1. The van der Waals surface area contributed by atoms with Gasteiger partial charge in [-0.1, -0.05) is 24.3 Å². The van der Waals surface area contributed by atoms with Gasteiger partial charge in [-0.2, -0.15) is 0 Å². The number of benzene rings is 1. The Morgan fingerprint density at radius 2 is 2.03 bits per heavy atom.